The van der Waals surface area contributed by atoms with Gasteiger partial charge in [0.05, 0.1) is 5.56 Å². The second-order valence-electron chi connectivity index (χ2n) is 3.40. The molecule has 19 heavy (non-hydrogen) atoms. The quantitative estimate of drug-likeness (QED) is 0.576. The van der Waals surface area contributed by atoms with Gasteiger partial charge in [-0.05, 0) is 12.1 Å². The van der Waals surface area contributed by atoms with Crippen LogP contribution in [0.3, 0.4) is 0 Å². The Labute approximate surface area is 106 Å². The number of hydrogen-bond acceptors (Lipinski definition) is 4. The van der Waals surface area contributed by atoms with Crippen LogP contribution in [0.25, 0.3) is 0 Å². The number of halogens is 3. The maximum atomic E-state index is 12.5. The highest BCUT2D eigenvalue weighted by molar-refractivity contribution is 7.40. The molecule has 0 aliphatic heterocycles. The number of alkyl halides is 3. The lowest BCUT2D eigenvalue weighted by Gasteiger charge is -2.24. The molecule has 0 aliphatic rings. The van der Waals surface area contributed by atoms with Gasteiger partial charge in [0, 0.05) is 5.56 Å². The molecule has 1 aromatic rings. The summed E-state index contributed by atoms with van der Waals surface area (Å²) in [4.78, 5) is 17.5. The molecule has 0 amide bonds. The molecule has 0 heterocycles. The number of benzene rings is 1. The van der Waals surface area contributed by atoms with Crippen molar-refractivity contribution in [3.05, 3.63) is 35.4 Å². The number of rotatable bonds is 4. The Morgan fingerprint density at radius 3 is 2.05 bits per heavy atom. The summed E-state index contributed by atoms with van der Waals surface area (Å²) in [5.41, 5.74) is -5.08. The first-order valence-corrected chi connectivity index (χ1v) is 7.24. The van der Waals surface area contributed by atoms with Crippen LogP contribution in [0, 0.1) is 0 Å². The lowest BCUT2D eigenvalue weighted by Crippen LogP contribution is -2.23. The van der Waals surface area contributed by atoms with Gasteiger partial charge in [0.15, 0.2) is 0 Å². The average molecular weight is 320 g/mol. The highest BCUT2D eigenvalue weighted by atomic mass is 31.1. The first-order chi connectivity index (χ1) is 8.57. The van der Waals surface area contributed by atoms with Crippen LogP contribution < -0.4 is 0 Å². The summed E-state index contributed by atoms with van der Waals surface area (Å²) in [6, 6.07) is 2.77. The fourth-order valence-corrected chi connectivity index (χ4v) is 2.64. The zero-order chi connectivity index (χ0) is 14.8. The van der Waals surface area contributed by atoms with Crippen molar-refractivity contribution in [2.24, 2.45) is 0 Å². The molecule has 0 saturated carbocycles. The molecule has 0 aliphatic carbocycles. The minimum Gasteiger partial charge on any atom is -0.354 e. The predicted molar refractivity (Wildman–Crippen MR) is 58.9 cm³/mol. The van der Waals surface area contributed by atoms with E-state index in [9.17, 15) is 27.4 Å². The molecule has 0 aromatic heterocycles. The molecular formula is C8H9F3O6P2. The topological polar surface area (TPSA) is 104 Å². The van der Waals surface area contributed by atoms with E-state index in [0.717, 1.165) is 12.1 Å². The van der Waals surface area contributed by atoms with E-state index in [0.29, 0.717) is 12.1 Å². The maximum absolute atomic E-state index is 12.5. The highest BCUT2D eigenvalue weighted by Crippen LogP contribution is 2.48. The van der Waals surface area contributed by atoms with Crippen molar-refractivity contribution in [1.29, 1.82) is 0 Å². The summed E-state index contributed by atoms with van der Waals surface area (Å²) >= 11 is 0. The molecule has 3 atom stereocenters. The third kappa shape index (κ3) is 3.89. The van der Waals surface area contributed by atoms with Crippen LogP contribution >= 0.6 is 16.3 Å². The summed E-state index contributed by atoms with van der Waals surface area (Å²) in [5.74, 6) is 0. The van der Waals surface area contributed by atoms with Gasteiger partial charge in [-0.1, -0.05) is 12.1 Å². The third-order valence-electron chi connectivity index (χ3n) is 2.11. The van der Waals surface area contributed by atoms with Crippen molar-refractivity contribution in [2.75, 3.05) is 0 Å². The molecule has 108 valence electrons. The molecule has 3 N–H and O–H groups in total. The van der Waals surface area contributed by atoms with Crippen LogP contribution in [0.1, 0.15) is 11.1 Å². The minimum absolute atomic E-state index is 0.365. The molecule has 0 spiro atoms. The maximum Gasteiger partial charge on any atom is 0.416 e. The van der Waals surface area contributed by atoms with Crippen LogP contribution in [-0.4, -0.2) is 14.9 Å². The molecule has 1 aromatic carbocycles. The van der Waals surface area contributed by atoms with E-state index in [1.54, 1.807) is 0 Å². The van der Waals surface area contributed by atoms with Gasteiger partial charge in [0.2, 0.25) is 0 Å². The minimum atomic E-state index is -4.74. The fraction of sp³-hybridized carbons (Fsp3) is 0.250. The zero-order valence-electron chi connectivity index (χ0n) is 9.01. The molecule has 0 saturated heterocycles. The summed E-state index contributed by atoms with van der Waals surface area (Å²) in [6.07, 6.45) is -4.74. The van der Waals surface area contributed by atoms with E-state index in [1.165, 1.54) is 0 Å². The van der Waals surface area contributed by atoms with Gasteiger partial charge in [-0.15, -0.1) is 0 Å². The molecule has 3 unspecified atom stereocenters. The summed E-state index contributed by atoms with van der Waals surface area (Å²) in [6.45, 7) is 0. The Kier molecular flexibility index (Phi) is 4.95. The van der Waals surface area contributed by atoms with E-state index in [2.05, 4.69) is 4.52 Å². The second kappa shape index (κ2) is 5.75. The Balaban J connectivity index is 3.32. The van der Waals surface area contributed by atoms with Gasteiger partial charge in [-0.25, -0.2) is 0 Å². The molecule has 0 bridgehead atoms. The molecule has 6 nitrogen and oxygen atoms in total. The van der Waals surface area contributed by atoms with E-state index in [4.69, 9.17) is 9.79 Å². The van der Waals surface area contributed by atoms with Crippen LogP contribution in [0.5, 0.6) is 0 Å². The Hall–Kier alpha value is -0.690. The fourth-order valence-electron chi connectivity index (χ4n) is 1.26. The van der Waals surface area contributed by atoms with E-state index in [-0.39, 0.29) is 0 Å². The largest absolute Gasteiger partial charge is 0.416 e. The number of hydrogen-bond donors (Lipinski definition) is 3. The van der Waals surface area contributed by atoms with Crippen molar-refractivity contribution in [3.63, 3.8) is 0 Å². The lowest BCUT2D eigenvalue weighted by molar-refractivity contribution is -0.138. The van der Waals surface area contributed by atoms with Gasteiger partial charge in [-0.2, -0.15) is 13.2 Å². The monoisotopic (exact) mass is 320 g/mol. The Morgan fingerprint density at radius 1 is 1.11 bits per heavy atom. The van der Waals surface area contributed by atoms with E-state index >= 15 is 0 Å². The van der Waals surface area contributed by atoms with E-state index < -0.39 is 39.1 Å². The zero-order valence-corrected chi connectivity index (χ0v) is 11.0. The van der Waals surface area contributed by atoms with Gasteiger partial charge in [0.1, 0.15) is 0 Å². The molecule has 1 rings (SSSR count). The summed E-state index contributed by atoms with van der Waals surface area (Å²) < 4.78 is 62.9. The summed E-state index contributed by atoms with van der Waals surface area (Å²) in [5, 5.41) is 9.68. The van der Waals surface area contributed by atoms with Crippen molar-refractivity contribution in [1.82, 2.24) is 0 Å². The van der Waals surface area contributed by atoms with Crippen LogP contribution in [0.2, 0.25) is 0 Å². The van der Waals surface area contributed by atoms with Crippen LogP contribution in [0.4, 0.5) is 13.2 Å². The SMILES string of the molecule is O=[PH](O)OC(O)(c1cccc(C(F)(F)F)c1)[PH](=O)O. The molecular weight excluding hydrogens is 311 g/mol. The molecule has 0 fully saturated rings. The average Bonchev–Trinajstić information content (AvgIpc) is 2.26. The van der Waals surface area contributed by atoms with Gasteiger partial charge in [-0.3, -0.25) is 13.7 Å². The van der Waals surface area contributed by atoms with Crippen LogP contribution in [0.15, 0.2) is 24.3 Å². The van der Waals surface area contributed by atoms with Crippen molar-refractivity contribution in [2.45, 2.75) is 11.7 Å². The molecule has 0 radical (unpaired) electrons. The van der Waals surface area contributed by atoms with Gasteiger partial charge >= 0.3 is 14.4 Å². The standard InChI is InChI=1S/C8H9F3O6P2/c9-7(10,11)5-2-1-3-6(4-5)8(12,18(13)14)17-19(15)16/h1-4,12,18-19H,(H,13,14)(H,15,16). The highest BCUT2D eigenvalue weighted by Gasteiger charge is 2.40. The molecule has 11 heteroatoms. The van der Waals surface area contributed by atoms with Crippen molar-refractivity contribution in [3.8, 4) is 0 Å². The Morgan fingerprint density at radius 2 is 1.63 bits per heavy atom. The first-order valence-electron chi connectivity index (χ1n) is 4.63. The Bertz CT molecular complexity index is 519. The third-order valence-corrected chi connectivity index (χ3v) is 3.75. The van der Waals surface area contributed by atoms with E-state index in [1.807, 2.05) is 0 Å². The van der Waals surface area contributed by atoms with Crippen LogP contribution in [-0.2, 0) is 25.4 Å². The normalized spacial score (nSPS) is 18.6. The van der Waals surface area contributed by atoms with Crippen molar-refractivity contribution < 1.29 is 41.7 Å². The first kappa shape index (κ1) is 16.4. The second-order valence-corrected chi connectivity index (χ2v) is 5.42. The number of aliphatic hydroxyl groups is 1. The van der Waals surface area contributed by atoms with Gasteiger partial charge in [0.25, 0.3) is 13.6 Å². The smallest absolute Gasteiger partial charge is 0.354 e. The summed E-state index contributed by atoms with van der Waals surface area (Å²) in [7, 11) is -7.85. The predicted octanol–water partition coefficient (Wildman–Crippen LogP) is 1.67. The lowest BCUT2D eigenvalue weighted by atomic mass is 10.1. The van der Waals surface area contributed by atoms with Crippen molar-refractivity contribution >= 4 is 16.3 Å². The van der Waals surface area contributed by atoms with Gasteiger partial charge < -0.3 is 14.9 Å².